The van der Waals surface area contributed by atoms with Crippen LogP contribution in [0.25, 0.3) is 0 Å². The van der Waals surface area contributed by atoms with Gasteiger partial charge in [-0.05, 0) is 11.4 Å². The molecular weight excluding hydrogens is 226 g/mol. The zero-order valence-corrected chi connectivity index (χ0v) is 8.06. The second kappa shape index (κ2) is 3.71. The van der Waals surface area contributed by atoms with Crippen LogP contribution >= 0.6 is 22.1 Å². The maximum Gasteiger partial charge on any atom is 0.298 e. The third-order valence-electron chi connectivity index (χ3n) is 0.941. The lowest BCUT2D eigenvalue weighted by Gasteiger charge is -1.97. The van der Waals surface area contributed by atoms with Gasteiger partial charge >= 0.3 is 0 Å². The first-order valence-electron chi connectivity index (χ1n) is 2.77. The Balaban J connectivity index is 2.88. The number of hydrogen-bond acceptors (Lipinski definition) is 4. The standard InChI is InChI=1S/C5H4F2O2S3/c6-5(7)11-12(8,9)4-2-1-3-10-4/h1-3,5H. The molecule has 1 heterocycles. The minimum atomic E-state index is -3.83. The molecule has 0 bridgehead atoms. The molecule has 0 atom stereocenters. The van der Waals surface area contributed by atoms with Gasteiger partial charge in [-0.1, -0.05) is 6.07 Å². The van der Waals surface area contributed by atoms with Crippen LogP contribution in [0, 0.1) is 0 Å². The van der Waals surface area contributed by atoms with E-state index in [1.807, 2.05) is 0 Å². The Kier molecular flexibility index (Phi) is 3.08. The van der Waals surface area contributed by atoms with Gasteiger partial charge in [0, 0.05) is 10.8 Å². The molecule has 0 radical (unpaired) electrons. The fraction of sp³-hybridized carbons (Fsp3) is 0.200. The smallest absolute Gasteiger partial charge is 0.211 e. The van der Waals surface area contributed by atoms with Crippen LogP contribution in [0.15, 0.2) is 21.7 Å². The molecule has 7 heteroatoms. The van der Waals surface area contributed by atoms with Crippen molar-refractivity contribution in [1.82, 2.24) is 0 Å². The van der Waals surface area contributed by atoms with Crippen LogP contribution in [0.2, 0.25) is 0 Å². The summed E-state index contributed by atoms with van der Waals surface area (Å²) in [6, 6.07) is 2.80. The zero-order chi connectivity index (χ0) is 9.19. The predicted molar refractivity (Wildman–Crippen MR) is 45.1 cm³/mol. The Morgan fingerprint density at radius 3 is 2.58 bits per heavy atom. The summed E-state index contributed by atoms with van der Waals surface area (Å²) < 4.78 is 45.4. The van der Waals surface area contributed by atoms with Crippen molar-refractivity contribution in [2.45, 2.75) is 9.97 Å². The topological polar surface area (TPSA) is 34.1 Å². The van der Waals surface area contributed by atoms with Gasteiger partial charge in [0.2, 0.25) is 8.87 Å². The van der Waals surface area contributed by atoms with Gasteiger partial charge in [-0.3, -0.25) is 0 Å². The minimum Gasteiger partial charge on any atom is -0.211 e. The number of rotatable bonds is 3. The van der Waals surface area contributed by atoms with Crippen molar-refractivity contribution in [3.05, 3.63) is 17.5 Å². The van der Waals surface area contributed by atoms with E-state index in [-0.39, 0.29) is 15.0 Å². The lowest BCUT2D eigenvalue weighted by atomic mass is 10.7. The van der Waals surface area contributed by atoms with Crippen LogP contribution in [0.4, 0.5) is 8.78 Å². The van der Waals surface area contributed by atoms with E-state index in [0.29, 0.717) is 0 Å². The number of alkyl halides is 2. The van der Waals surface area contributed by atoms with E-state index in [2.05, 4.69) is 0 Å². The molecule has 0 spiro atoms. The normalized spacial score (nSPS) is 12.2. The van der Waals surface area contributed by atoms with Gasteiger partial charge < -0.3 is 0 Å². The second-order valence-corrected chi connectivity index (χ2v) is 6.74. The van der Waals surface area contributed by atoms with E-state index in [1.165, 1.54) is 17.5 Å². The Bertz CT molecular complexity index is 330. The monoisotopic (exact) mass is 230 g/mol. The van der Waals surface area contributed by atoms with E-state index >= 15 is 0 Å². The van der Waals surface area contributed by atoms with Crippen LogP contribution < -0.4 is 0 Å². The van der Waals surface area contributed by atoms with Gasteiger partial charge in [-0.15, -0.1) is 11.3 Å². The molecule has 0 aromatic carbocycles. The molecule has 0 aliphatic carbocycles. The highest BCUT2D eigenvalue weighted by Gasteiger charge is 2.21. The highest BCUT2D eigenvalue weighted by atomic mass is 33.1. The molecule has 0 N–H and O–H groups in total. The Labute approximate surface area is 75.9 Å². The van der Waals surface area contributed by atoms with E-state index < -0.39 is 14.6 Å². The summed E-state index contributed by atoms with van der Waals surface area (Å²) >= 11 is 0.930. The average molecular weight is 230 g/mol. The van der Waals surface area contributed by atoms with Crippen molar-refractivity contribution in [3.8, 4) is 0 Å². The molecule has 0 fully saturated rings. The van der Waals surface area contributed by atoms with Crippen molar-refractivity contribution < 1.29 is 17.2 Å². The number of thiophene rings is 1. The lowest BCUT2D eigenvalue weighted by Crippen LogP contribution is -1.95. The first kappa shape index (κ1) is 9.94. The molecule has 1 rings (SSSR count). The zero-order valence-electron chi connectivity index (χ0n) is 5.61. The molecule has 0 amide bonds. The summed E-state index contributed by atoms with van der Waals surface area (Å²) in [6.45, 7) is 0. The van der Waals surface area contributed by atoms with E-state index in [0.717, 1.165) is 11.3 Å². The first-order valence-corrected chi connectivity index (χ1v) is 6.53. The lowest BCUT2D eigenvalue weighted by molar-refractivity contribution is 0.254. The molecule has 0 saturated heterocycles. The van der Waals surface area contributed by atoms with Crippen molar-refractivity contribution in [2.75, 3.05) is 0 Å². The molecular formula is C5H4F2O2S3. The van der Waals surface area contributed by atoms with E-state index in [4.69, 9.17) is 0 Å². The molecule has 12 heavy (non-hydrogen) atoms. The molecule has 0 saturated carbocycles. The first-order chi connectivity index (χ1) is 5.52. The van der Waals surface area contributed by atoms with Crippen LogP contribution in [-0.4, -0.2) is 14.2 Å². The molecule has 1 aromatic heterocycles. The van der Waals surface area contributed by atoms with Gasteiger partial charge in [0.25, 0.3) is 5.76 Å². The summed E-state index contributed by atoms with van der Waals surface area (Å²) in [5.74, 6) is -2.89. The van der Waals surface area contributed by atoms with Crippen LogP contribution in [-0.2, 0) is 8.87 Å². The number of halogens is 2. The van der Waals surface area contributed by atoms with Crippen molar-refractivity contribution in [2.24, 2.45) is 0 Å². The van der Waals surface area contributed by atoms with E-state index in [1.54, 1.807) is 0 Å². The second-order valence-electron chi connectivity index (χ2n) is 1.74. The van der Waals surface area contributed by atoms with Crippen molar-refractivity contribution >= 4 is 31.0 Å². The minimum absolute atomic E-state index is 0.0344. The Morgan fingerprint density at radius 2 is 2.17 bits per heavy atom. The van der Waals surface area contributed by atoms with Crippen molar-refractivity contribution in [1.29, 1.82) is 0 Å². The molecule has 0 aliphatic heterocycles. The third-order valence-corrected chi connectivity index (χ3v) is 5.63. The maximum atomic E-state index is 11.7. The summed E-state index contributed by atoms with van der Waals surface area (Å²) in [5, 5.41) is 1.53. The molecule has 68 valence electrons. The van der Waals surface area contributed by atoms with Crippen LogP contribution in [0.1, 0.15) is 0 Å². The van der Waals surface area contributed by atoms with Gasteiger partial charge in [-0.25, -0.2) is 8.42 Å². The van der Waals surface area contributed by atoms with Gasteiger partial charge in [0.15, 0.2) is 0 Å². The van der Waals surface area contributed by atoms with Gasteiger partial charge in [0.05, 0.1) is 0 Å². The summed E-state index contributed by atoms with van der Waals surface area (Å²) in [5.41, 5.74) is 0. The SMILES string of the molecule is O=S(=O)(SC(F)F)c1cccs1. The van der Waals surface area contributed by atoms with Crippen LogP contribution in [0.3, 0.4) is 0 Å². The summed E-state index contributed by atoms with van der Waals surface area (Å²) in [6.07, 6.45) is 0. The summed E-state index contributed by atoms with van der Waals surface area (Å²) in [4.78, 5) is 0. The van der Waals surface area contributed by atoms with Gasteiger partial charge in [-0.2, -0.15) is 8.78 Å². The predicted octanol–water partition coefficient (Wildman–Crippen LogP) is 2.39. The fourth-order valence-electron chi connectivity index (χ4n) is 0.549. The van der Waals surface area contributed by atoms with Gasteiger partial charge in [0.1, 0.15) is 4.21 Å². The molecule has 0 aliphatic rings. The highest BCUT2D eigenvalue weighted by molar-refractivity contribution is 8.72. The maximum absolute atomic E-state index is 11.7. The Hall–Kier alpha value is -0.140. The average Bonchev–Trinajstić information content (AvgIpc) is 2.32. The quantitative estimate of drug-likeness (QED) is 0.748. The highest BCUT2D eigenvalue weighted by Crippen LogP contribution is 2.31. The fourth-order valence-corrected chi connectivity index (χ4v) is 3.90. The van der Waals surface area contributed by atoms with E-state index in [9.17, 15) is 17.2 Å². The van der Waals surface area contributed by atoms with Crippen molar-refractivity contribution in [3.63, 3.8) is 0 Å². The molecule has 2 nitrogen and oxygen atoms in total. The molecule has 1 aromatic rings. The third kappa shape index (κ3) is 2.43. The largest absolute Gasteiger partial charge is 0.298 e. The van der Waals surface area contributed by atoms with Crippen LogP contribution in [0.5, 0.6) is 0 Å². The number of hydrogen-bond donors (Lipinski definition) is 0. The molecule has 0 unspecified atom stereocenters. The Morgan fingerprint density at radius 1 is 1.50 bits per heavy atom. The summed E-state index contributed by atoms with van der Waals surface area (Å²) in [7, 11) is -4.17.